The maximum Gasteiger partial charge on any atom is 0.223 e. The van der Waals surface area contributed by atoms with Crippen LogP contribution < -0.4 is 4.90 Å². The second kappa shape index (κ2) is 4.83. The van der Waals surface area contributed by atoms with Crippen LogP contribution in [0.15, 0.2) is 0 Å². The zero-order chi connectivity index (χ0) is 14.6. The molecule has 1 unspecified atom stereocenters. The minimum Gasteiger partial charge on any atom is -0.352 e. The smallest absolute Gasteiger partial charge is 0.223 e. The second-order valence-corrected chi connectivity index (χ2v) is 6.68. The van der Waals surface area contributed by atoms with Crippen LogP contribution in [0.25, 0.3) is 0 Å². The summed E-state index contributed by atoms with van der Waals surface area (Å²) < 4.78 is 0. The lowest BCUT2D eigenvalue weighted by Crippen LogP contribution is -2.52. The van der Waals surface area contributed by atoms with E-state index in [1.165, 1.54) is 12.8 Å². The highest BCUT2D eigenvalue weighted by atomic mass is 35.5. The fourth-order valence-corrected chi connectivity index (χ4v) is 3.55. The quantitative estimate of drug-likeness (QED) is 0.785. The summed E-state index contributed by atoms with van der Waals surface area (Å²) >= 11 is 6.30. The molecule has 1 aromatic rings. The Bertz CT molecular complexity index is 602. The molecule has 2 aliphatic heterocycles. The minimum absolute atomic E-state index is 0.302. The minimum atomic E-state index is 0.302. The van der Waals surface area contributed by atoms with Crippen molar-refractivity contribution in [2.24, 2.45) is 0 Å². The Morgan fingerprint density at radius 2 is 2.00 bits per heavy atom. The molecule has 0 N–H and O–H groups in total. The van der Waals surface area contributed by atoms with Crippen LogP contribution in [0.2, 0.25) is 5.15 Å². The van der Waals surface area contributed by atoms with E-state index >= 15 is 0 Å². The number of carbonyl (C=O) groups excluding carboxylic acids is 1. The van der Waals surface area contributed by atoms with E-state index in [0.29, 0.717) is 29.4 Å². The van der Waals surface area contributed by atoms with Crippen LogP contribution in [0, 0.1) is 6.92 Å². The Labute approximate surface area is 129 Å². The van der Waals surface area contributed by atoms with E-state index < -0.39 is 0 Å². The first-order valence-electron chi connectivity index (χ1n) is 7.72. The van der Waals surface area contributed by atoms with Crippen LogP contribution in [0.1, 0.15) is 43.0 Å². The molecule has 3 aliphatic rings. The Kier molecular flexibility index (Phi) is 3.06. The number of nitrogens with zero attached hydrogens (tertiary/aromatic N) is 4. The van der Waals surface area contributed by atoms with E-state index in [-0.39, 0.29) is 0 Å². The Balaban J connectivity index is 1.62. The largest absolute Gasteiger partial charge is 0.352 e. The van der Waals surface area contributed by atoms with Gasteiger partial charge in [-0.15, -0.1) is 0 Å². The molecule has 1 aliphatic carbocycles. The van der Waals surface area contributed by atoms with E-state index in [1.54, 1.807) is 0 Å². The Hall–Kier alpha value is -1.36. The van der Waals surface area contributed by atoms with Crippen LogP contribution in [-0.4, -0.2) is 46.5 Å². The fraction of sp³-hybridized carbons (Fsp3) is 0.667. The SMILES string of the molecule is Cc1c(Cl)nc(C2CC2)nc1N1CCN2C(=O)CCC2C1. The number of aromatic nitrogens is 2. The highest BCUT2D eigenvalue weighted by Gasteiger charge is 2.37. The van der Waals surface area contributed by atoms with E-state index in [1.807, 2.05) is 11.8 Å². The fourth-order valence-electron chi connectivity index (χ4n) is 3.38. The summed E-state index contributed by atoms with van der Waals surface area (Å²) in [4.78, 5) is 25.3. The van der Waals surface area contributed by atoms with Crippen LogP contribution >= 0.6 is 11.6 Å². The maximum atomic E-state index is 11.8. The first-order chi connectivity index (χ1) is 10.1. The van der Waals surface area contributed by atoms with Gasteiger partial charge in [-0.25, -0.2) is 9.97 Å². The number of anilines is 1. The van der Waals surface area contributed by atoms with Gasteiger partial charge < -0.3 is 9.80 Å². The molecule has 0 aromatic carbocycles. The Morgan fingerprint density at radius 3 is 2.76 bits per heavy atom. The van der Waals surface area contributed by atoms with E-state index in [2.05, 4.69) is 9.88 Å². The molecule has 1 aromatic heterocycles. The predicted molar refractivity (Wildman–Crippen MR) is 80.7 cm³/mol. The van der Waals surface area contributed by atoms with Crippen molar-refractivity contribution in [3.05, 3.63) is 16.5 Å². The third kappa shape index (κ3) is 2.27. The molecule has 1 saturated carbocycles. The number of hydrogen-bond donors (Lipinski definition) is 0. The molecule has 0 bridgehead atoms. The summed E-state index contributed by atoms with van der Waals surface area (Å²) in [6.07, 6.45) is 3.99. The van der Waals surface area contributed by atoms with Crippen LogP contribution in [0.5, 0.6) is 0 Å². The molecule has 1 amide bonds. The number of hydrogen-bond acceptors (Lipinski definition) is 4. The summed E-state index contributed by atoms with van der Waals surface area (Å²) in [5.41, 5.74) is 0.957. The van der Waals surface area contributed by atoms with Gasteiger partial charge in [0.2, 0.25) is 5.91 Å². The molecule has 1 atom stereocenters. The van der Waals surface area contributed by atoms with Gasteiger partial charge in [0.05, 0.1) is 0 Å². The molecule has 21 heavy (non-hydrogen) atoms. The molecule has 0 spiro atoms. The standard InChI is InChI=1S/C15H19ClN4O/c1-9-13(16)17-14(10-2-3-10)18-15(9)19-6-7-20-11(8-19)4-5-12(20)21/h10-11H,2-8H2,1H3. The van der Waals surface area contributed by atoms with E-state index in [0.717, 1.165) is 43.3 Å². The van der Waals surface area contributed by atoms with Crippen molar-refractivity contribution >= 4 is 23.3 Å². The van der Waals surface area contributed by atoms with Crippen molar-refractivity contribution < 1.29 is 4.79 Å². The molecule has 2 saturated heterocycles. The van der Waals surface area contributed by atoms with Crippen molar-refractivity contribution in [2.45, 2.75) is 44.6 Å². The van der Waals surface area contributed by atoms with Gasteiger partial charge in [-0.1, -0.05) is 11.6 Å². The van der Waals surface area contributed by atoms with Gasteiger partial charge in [-0.2, -0.15) is 0 Å². The van der Waals surface area contributed by atoms with Crippen molar-refractivity contribution in [3.8, 4) is 0 Å². The third-order valence-corrected chi connectivity index (χ3v) is 5.18. The summed E-state index contributed by atoms with van der Waals surface area (Å²) in [5, 5.41) is 0.576. The van der Waals surface area contributed by atoms with Crippen LogP contribution in [-0.2, 0) is 4.79 Å². The van der Waals surface area contributed by atoms with Crippen molar-refractivity contribution in [1.82, 2.24) is 14.9 Å². The molecule has 3 heterocycles. The summed E-state index contributed by atoms with van der Waals surface area (Å²) in [6, 6.07) is 0.337. The summed E-state index contributed by atoms with van der Waals surface area (Å²) in [6.45, 7) is 4.48. The summed E-state index contributed by atoms with van der Waals surface area (Å²) in [7, 11) is 0. The van der Waals surface area contributed by atoms with Crippen LogP contribution in [0.3, 0.4) is 0 Å². The Morgan fingerprint density at radius 1 is 1.19 bits per heavy atom. The van der Waals surface area contributed by atoms with Crippen LogP contribution in [0.4, 0.5) is 5.82 Å². The van der Waals surface area contributed by atoms with Crippen molar-refractivity contribution in [2.75, 3.05) is 24.5 Å². The first kappa shape index (κ1) is 13.3. The maximum absolute atomic E-state index is 11.8. The van der Waals surface area contributed by atoms with Crippen molar-refractivity contribution in [1.29, 1.82) is 0 Å². The molecule has 5 nitrogen and oxygen atoms in total. The highest BCUT2D eigenvalue weighted by molar-refractivity contribution is 6.30. The van der Waals surface area contributed by atoms with Gasteiger partial charge in [-0.3, -0.25) is 4.79 Å². The average molecular weight is 307 g/mol. The molecule has 4 rings (SSSR count). The number of amides is 1. The monoisotopic (exact) mass is 306 g/mol. The molecule has 3 fully saturated rings. The lowest BCUT2D eigenvalue weighted by atomic mass is 10.1. The van der Waals surface area contributed by atoms with E-state index in [4.69, 9.17) is 16.6 Å². The number of piperazine rings is 1. The van der Waals surface area contributed by atoms with Gasteiger partial charge >= 0.3 is 0 Å². The highest BCUT2D eigenvalue weighted by Crippen LogP contribution is 2.40. The summed E-state index contributed by atoms with van der Waals surface area (Å²) in [5.74, 6) is 2.66. The molecule has 112 valence electrons. The van der Waals surface area contributed by atoms with Gasteiger partial charge in [0.25, 0.3) is 0 Å². The first-order valence-corrected chi connectivity index (χ1v) is 8.09. The molecule has 0 radical (unpaired) electrons. The normalized spacial score (nSPS) is 25.4. The van der Waals surface area contributed by atoms with Crippen molar-refractivity contribution in [3.63, 3.8) is 0 Å². The van der Waals surface area contributed by atoms with Gasteiger partial charge in [0.15, 0.2) is 0 Å². The predicted octanol–water partition coefficient (Wildman–Crippen LogP) is 2.13. The second-order valence-electron chi connectivity index (χ2n) is 6.32. The number of halogens is 1. The average Bonchev–Trinajstić information content (AvgIpc) is 3.26. The van der Waals surface area contributed by atoms with Gasteiger partial charge in [0.1, 0.15) is 16.8 Å². The van der Waals surface area contributed by atoms with Gasteiger partial charge in [0, 0.05) is 43.6 Å². The topological polar surface area (TPSA) is 49.3 Å². The van der Waals surface area contributed by atoms with Gasteiger partial charge in [-0.05, 0) is 26.2 Å². The van der Waals surface area contributed by atoms with E-state index in [9.17, 15) is 4.79 Å². The third-order valence-electron chi connectivity index (χ3n) is 4.81. The number of carbonyl (C=O) groups is 1. The molecular weight excluding hydrogens is 288 g/mol. The zero-order valence-corrected chi connectivity index (χ0v) is 12.9. The lowest BCUT2D eigenvalue weighted by Gasteiger charge is -2.38. The molecular formula is C15H19ClN4O. The number of fused-ring (bicyclic) bond motifs is 1. The lowest BCUT2D eigenvalue weighted by molar-refractivity contribution is -0.129. The molecule has 6 heteroatoms. The zero-order valence-electron chi connectivity index (χ0n) is 12.2. The number of rotatable bonds is 2.